The van der Waals surface area contributed by atoms with E-state index in [2.05, 4.69) is 10.3 Å². The highest BCUT2D eigenvalue weighted by atomic mass is 16.5. The Labute approximate surface area is 132 Å². The maximum Gasteiger partial charge on any atom is 0.357 e. The first-order valence-electron chi connectivity index (χ1n) is 7.35. The predicted octanol–water partition coefficient (Wildman–Crippen LogP) is 3.45. The lowest BCUT2D eigenvalue weighted by Crippen LogP contribution is -2.18. The fourth-order valence-corrected chi connectivity index (χ4v) is 2.38. The number of hydrogen-bond acceptors (Lipinski definition) is 4. The zero-order valence-electron chi connectivity index (χ0n) is 12.6. The summed E-state index contributed by atoms with van der Waals surface area (Å²) >= 11 is 0. The minimum atomic E-state index is -0.561. The third kappa shape index (κ3) is 2.94. The molecular formula is C18H16N2O3. The summed E-state index contributed by atoms with van der Waals surface area (Å²) in [5, 5.41) is 3.54. The number of nitrogens with one attached hydrogen (secondary N) is 2. The second kappa shape index (κ2) is 6.36. The molecular weight excluding hydrogens is 292 g/mol. The van der Waals surface area contributed by atoms with Crippen LogP contribution in [0.1, 0.15) is 17.4 Å². The van der Waals surface area contributed by atoms with E-state index in [0.717, 1.165) is 5.69 Å². The highest BCUT2D eigenvalue weighted by Crippen LogP contribution is 2.20. The van der Waals surface area contributed by atoms with Crippen molar-refractivity contribution in [2.75, 3.05) is 11.9 Å². The molecule has 3 aromatic rings. The van der Waals surface area contributed by atoms with Crippen molar-refractivity contribution >= 4 is 28.2 Å². The Kier molecular flexibility index (Phi) is 4.10. The van der Waals surface area contributed by atoms with Crippen molar-refractivity contribution in [3.05, 3.63) is 70.5 Å². The molecule has 0 fully saturated rings. The molecule has 0 radical (unpaired) electrons. The van der Waals surface area contributed by atoms with E-state index < -0.39 is 5.97 Å². The van der Waals surface area contributed by atoms with Gasteiger partial charge in [-0.15, -0.1) is 0 Å². The van der Waals surface area contributed by atoms with E-state index in [1.807, 2.05) is 30.3 Å². The van der Waals surface area contributed by atoms with Crippen molar-refractivity contribution in [2.45, 2.75) is 6.92 Å². The van der Waals surface area contributed by atoms with Gasteiger partial charge in [0.2, 0.25) is 5.43 Å². The molecule has 0 saturated heterocycles. The second-order valence-corrected chi connectivity index (χ2v) is 4.96. The molecule has 3 rings (SSSR count). The summed E-state index contributed by atoms with van der Waals surface area (Å²) in [7, 11) is 0. The lowest BCUT2D eigenvalue weighted by molar-refractivity contribution is 0.0521. The minimum Gasteiger partial charge on any atom is -0.461 e. The molecule has 1 aromatic heterocycles. The number of hydrogen-bond donors (Lipinski definition) is 2. The largest absolute Gasteiger partial charge is 0.461 e. The number of anilines is 2. The SMILES string of the molecule is CCOC(=O)c1[nH]c2ccccc2c(=O)c1Nc1ccccc1. The van der Waals surface area contributed by atoms with Gasteiger partial charge in [-0.3, -0.25) is 4.79 Å². The van der Waals surface area contributed by atoms with Gasteiger partial charge in [0.1, 0.15) is 5.69 Å². The van der Waals surface area contributed by atoms with Crippen LogP contribution < -0.4 is 10.7 Å². The topological polar surface area (TPSA) is 71.2 Å². The van der Waals surface area contributed by atoms with Gasteiger partial charge in [-0.2, -0.15) is 0 Å². The highest BCUT2D eigenvalue weighted by molar-refractivity contribution is 5.98. The third-order valence-electron chi connectivity index (χ3n) is 3.43. The van der Waals surface area contributed by atoms with Gasteiger partial charge in [0, 0.05) is 11.1 Å². The van der Waals surface area contributed by atoms with Gasteiger partial charge in [0.15, 0.2) is 5.69 Å². The number of pyridine rings is 1. The maximum absolute atomic E-state index is 12.8. The van der Waals surface area contributed by atoms with Gasteiger partial charge in [0.25, 0.3) is 0 Å². The molecule has 0 aliphatic rings. The average molecular weight is 308 g/mol. The summed E-state index contributed by atoms with van der Waals surface area (Å²) in [6.45, 7) is 1.96. The van der Waals surface area contributed by atoms with Gasteiger partial charge >= 0.3 is 5.97 Å². The number of H-pyrrole nitrogens is 1. The summed E-state index contributed by atoms with van der Waals surface area (Å²) in [6, 6.07) is 16.3. The zero-order valence-corrected chi connectivity index (χ0v) is 12.6. The first-order chi connectivity index (χ1) is 11.2. The number of carbonyl (C=O) groups is 1. The molecule has 23 heavy (non-hydrogen) atoms. The molecule has 0 aliphatic carbocycles. The Balaban J connectivity index is 2.20. The molecule has 0 amide bonds. The van der Waals surface area contributed by atoms with Crippen LogP contribution in [0.3, 0.4) is 0 Å². The Morgan fingerprint density at radius 2 is 1.78 bits per heavy atom. The smallest absolute Gasteiger partial charge is 0.357 e. The molecule has 5 nitrogen and oxygen atoms in total. The van der Waals surface area contributed by atoms with Crippen LogP contribution in [-0.4, -0.2) is 17.6 Å². The molecule has 0 atom stereocenters. The number of esters is 1. The van der Waals surface area contributed by atoms with Gasteiger partial charge < -0.3 is 15.0 Å². The average Bonchev–Trinajstić information content (AvgIpc) is 2.58. The highest BCUT2D eigenvalue weighted by Gasteiger charge is 2.19. The van der Waals surface area contributed by atoms with Crippen LogP contribution in [0.4, 0.5) is 11.4 Å². The Morgan fingerprint density at radius 3 is 2.52 bits per heavy atom. The lowest BCUT2D eigenvalue weighted by atomic mass is 10.1. The molecule has 2 aromatic carbocycles. The summed E-state index contributed by atoms with van der Waals surface area (Å²) in [4.78, 5) is 28.0. The number of para-hydroxylation sites is 2. The van der Waals surface area contributed by atoms with Crippen LogP contribution in [0.15, 0.2) is 59.4 Å². The quantitative estimate of drug-likeness (QED) is 0.724. The summed E-state index contributed by atoms with van der Waals surface area (Å²) < 4.78 is 5.06. The van der Waals surface area contributed by atoms with E-state index in [0.29, 0.717) is 10.9 Å². The number of fused-ring (bicyclic) bond motifs is 1. The molecule has 0 unspecified atom stereocenters. The van der Waals surface area contributed by atoms with E-state index in [4.69, 9.17) is 4.74 Å². The minimum absolute atomic E-state index is 0.124. The fraction of sp³-hybridized carbons (Fsp3) is 0.111. The summed E-state index contributed by atoms with van der Waals surface area (Å²) in [5.41, 5.74) is 1.39. The molecule has 0 saturated carbocycles. The predicted molar refractivity (Wildman–Crippen MR) is 90.2 cm³/mol. The van der Waals surface area contributed by atoms with Crippen LogP contribution in [-0.2, 0) is 4.74 Å². The number of carbonyl (C=O) groups excluding carboxylic acids is 1. The van der Waals surface area contributed by atoms with Crippen molar-refractivity contribution < 1.29 is 9.53 Å². The van der Waals surface area contributed by atoms with Crippen molar-refractivity contribution in [1.29, 1.82) is 0 Å². The van der Waals surface area contributed by atoms with Crippen LogP contribution in [0.5, 0.6) is 0 Å². The van der Waals surface area contributed by atoms with Crippen LogP contribution in [0.2, 0.25) is 0 Å². The first-order valence-corrected chi connectivity index (χ1v) is 7.35. The van der Waals surface area contributed by atoms with Gasteiger partial charge in [0.05, 0.1) is 12.1 Å². The standard InChI is InChI=1S/C18H16N2O3/c1-2-23-18(22)16-15(19-12-8-4-3-5-9-12)17(21)13-10-6-7-11-14(13)20-16/h3-11,19H,2H2,1H3,(H,20,21). The van der Waals surface area contributed by atoms with E-state index in [9.17, 15) is 9.59 Å². The Bertz CT molecular complexity index is 901. The van der Waals surface area contributed by atoms with Gasteiger partial charge in [-0.1, -0.05) is 30.3 Å². The van der Waals surface area contributed by atoms with Gasteiger partial charge in [-0.25, -0.2) is 4.79 Å². The normalized spacial score (nSPS) is 10.5. The summed E-state index contributed by atoms with van der Waals surface area (Å²) in [5.74, 6) is -0.561. The lowest BCUT2D eigenvalue weighted by Gasteiger charge is -2.12. The van der Waals surface area contributed by atoms with E-state index in [1.54, 1.807) is 31.2 Å². The first kappa shape index (κ1) is 14.8. The third-order valence-corrected chi connectivity index (χ3v) is 3.43. The number of ether oxygens (including phenoxy) is 1. The number of rotatable bonds is 4. The molecule has 0 spiro atoms. The second-order valence-electron chi connectivity index (χ2n) is 4.96. The summed E-state index contributed by atoms with van der Waals surface area (Å²) in [6.07, 6.45) is 0. The van der Waals surface area contributed by atoms with E-state index in [1.165, 1.54) is 0 Å². The molecule has 2 N–H and O–H groups in total. The van der Waals surface area contributed by atoms with Gasteiger partial charge in [-0.05, 0) is 31.2 Å². The van der Waals surface area contributed by atoms with Crippen molar-refractivity contribution in [1.82, 2.24) is 4.98 Å². The number of aromatic nitrogens is 1. The fourth-order valence-electron chi connectivity index (χ4n) is 2.38. The zero-order chi connectivity index (χ0) is 16.2. The monoisotopic (exact) mass is 308 g/mol. The Morgan fingerprint density at radius 1 is 1.09 bits per heavy atom. The Hall–Kier alpha value is -3.08. The van der Waals surface area contributed by atoms with E-state index >= 15 is 0 Å². The number of aromatic amines is 1. The molecule has 5 heteroatoms. The van der Waals surface area contributed by atoms with Crippen molar-refractivity contribution in [2.24, 2.45) is 0 Å². The van der Waals surface area contributed by atoms with Crippen LogP contribution >= 0.6 is 0 Å². The van der Waals surface area contributed by atoms with Crippen LogP contribution in [0, 0.1) is 0 Å². The molecule has 1 heterocycles. The van der Waals surface area contributed by atoms with E-state index in [-0.39, 0.29) is 23.4 Å². The van der Waals surface area contributed by atoms with Crippen molar-refractivity contribution in [3.8, 4) is 0 Å². The molecule has 116 valence electrons. The van der Waals surface area contributed by atoms with Crippen LogP contribution in [0.25, 0.3) is 10.9 Å². The van der Waals surface area contributed by atoms with Crippen molar-refractivity contribution in [3.63, 3.8) is 0 Å². The molecule has 0 aliphatic heterocycles. The molecule has 0 bridgehead atoms. The maximum atomic E-state index is 12.8. The number of benzene rings is 2.